The standard InChI is InChI=1S/C48H81N3O16P2/c1-3-5-7-8-9-10-11-12-13-14-15-18-22-25-29-33-44(54)65-40(36-62-43(53)32-28-24-21-19-16-17-20-23-27-31-39(52)30-26-6-4-2)37-63-68(58,59)67-69(60,61)64-38-41-45(55)46(56)47(66-41)51-35-34-42(49)50-48(51)57/h12-13,20,23,27,31,34-35,40-41,45-47,55-56H,3-11,14-19,21-22,24-26,28-30,32-33,36-38H2,1-2H3,(H,58,59)(H,60,61)(H2,49,50,57)/b13-12-,23-20-,31-27+/t40-,41-,45-,46-,47-/m1/s1. The third kappa shape index (κ3) is 29.6. The lowest BCUT2D eigenvalue weighted by molar-refractivity contribution is -0.161. The normalized spacial score (nSPS) is 19.6. The Morgan fingerprint density at radius 3 is 1.88 bits per heavy atom. The minimum absolute atomic E-state index is 0.0228. The summed E-state index contributed by atoms with van der Waals surface area (Å²) in [5, 5.41) is 20.9. The number of aliphatic hydroxyl groups is 2. The van der Waals surface area contributed by atoms with Crippen LogP contribution in [0.2, 0.25) is 0 Å². The highest BCUT2D eigenvalue weighted by Gasteiger charge is 2.46. The molecule has 0 saturated carbocycles. The van der Waals surface area contributed by atoms with Crippen molar-refractivity contribution in [2.75, 3.05) is 25.6 Å². The van der Waals surface area contributed by atoms with E-state index in [0.29, 0.717) is 19.3 Å². The maximum Gasteiger partial charge on any atom is 0.481 e. The van der Waals surface area contributed by atoms with Gasteiger partial charge in [0, 0.05) is 25.5 Å². The molecule has 2 heterocycles. The predicted molar refractivity (Wildman–Crippen MR) is 262 cm³/mol. The topological polar surface area (TPSA) is 283 Å². The first kappa shape index (κ1) is 61.8. The second-order valence-corrected chi connectivity index (χ2v) is 20.4. The van der Waals surface area contributed by atoms with Crippen molar-refractivity contribution < 1.29 is 71.1 Å². The Labute approximate surface area is 408 Å². The summed E-state index contributed by atoms with van der Waals surface area (Å²) in [6.45, 7) is 1.95. The van der Waals surface area contributed by atoms with Crippen LogP contribution in [0.1, 0.15) is 181 Å². The number of carbonyl (C=O) groups is 3. The number of nitrogen functional groups attached to an aromatic ring is 1. The van der Waals surface area contributed by atoms with Crippen LogP contribution in [-0.4, -0.2) is 91.5 Å². The van der Waals surface area contributed by atoms with Gasteiger partial charge in [-0.2, -0.15) is 9.29 Å². The van der Waals surface area contributed by atoms with E-state index in [1.54, 1.807) is 12.2 Å². The molecule has 1 aliphatic rings. The van der Waals surface area contributed by atoms with Crippen LogP contribution in [0.25, 0.3) is 0 Å². The highest BCUT2D eigenvalue weighted by Crippen LogP contribution is 2.60. The van der Waals surface area contributed by atoms with Gasteiger partial charge in [-0.25, -0.2) is 13.9 Å². The minimum Gasteiger partial charge on any atom is -0.462 e. The number of esters is 2. The number of unbranched alkanes of at least 4 members (excludes halogenated alkanes) is 18. The quantitative estimate of drug-likeness (QED) is 0.0102. The zero-order valence-electron chi connectivity index (χ0n) is 40.9. The molecule has 19 nitrogen and oxygen atoms in total. The zero-order chi connectivity index (χ0) is 50.8. The number of aromatic nitrogens is 2. The van der Waals surface area contributed by atoms with Crippen LogP contribution in [0.3, 0.4) is 0 Å². The number of carbonyl (C=O) groups excluding carboxylic acids is 3. The number of aliphatic hydroxyl groups excluding tert-OH is 2. The lowest BCUT2D eigenvalue weighted by Gasteiger charge is -2.21. The molecule has 1 saturated heterocycles. The molecule has 0 bridgehead atoms. The SMILES string of the molecule is CCCCCCCC/C=C\CCCCCCCC(=O)O[C@H](COC(=O)CCCCCCC/C=C\C=C\C(=O)CCCCC)COP(=O)(O)OP(=O)(O)OC[C@H]1O[C@@H](n2ccc(N)nc2=O)[C@H](O)[C@@H]1O. The van der Waals surface area contributed by atoms with Gasteiger partial charge in [0.1, 0.15) is 30.7 Å². The van der Waals surface area contributed by atoms with Crippen LogP contribution in [0.15, 0.2) is 53.5 Å². The number of ether oxygens (including phenoxy) is 3. The van der Waals surface area contributed by atoms with Crippen molar-refractivity contribution in [3.05, 3.63) is 59.2 Å². The van der Waals surface area contributed by atoms with Crippen molar-refractivity contribution >= 4 is 39.2 Å². The van der Waals surface area contributed by atoms with E-state index in [1.165, 1.54) is 44.6 Å². The molecule has 394 valence electrons. The molecule has 2 rings (SSSR count). The number of ketones is 1. The van der Waals surface area contributed by atoms with Gasteiger partial charge in [0.05, 0.1) is 13.2 Å². The van der Waals surface area contributed by atoms with Gasteiger partial charge in [-0.05, 0) is 69.9 Å². The number of anilines is 1. The van der Waals surface area contributed by atoms with Crippen molar-refractivity contribution in [2.24, 2.45) is 0 Å². The molecule has 1 aliphatic heterocycles. The molecule has 0 amide bonds. The third-order valence-electron chi connectivity index (χ3n) is 11.2. The average molecular weight is 1020 g/mol. The summed E-state index contributed by atoms with van der Waals surface area (Å²) in [6, 6.07) is 1.24. The molecule has 0 spiro atoms. The lowest BCUT2D eigenvalue weighted by atomic mass is 10.1. The molecule has 21 heteroatoms. The monoisotopic (exact) mass is 1020 g/mol. The molecule has 6 N–H and O–H groups in total. The van der Waals surface area contributed by atoms with Crippen LogP contribution < -0.4 is 11.4 Å². The summed E-state index contributed by atoms with van der Waals surface area (Å²) >= 11 is 0. The number of hydrogen-bond acceptors (Lipinski definition) is 16. The average Bonchev–Trinajstić information content (AvgIpc) is 3.58. The maximum absolute atomic E-state index is 12.8. The van der Waals surface area contributed by atoms with Crippen molar-refractivity contribution in [3.8, 4) is 0 Å². The van der Waals surface area contributed by atoms with E-state index < -0.39 is 83.7 Å². The predicted octanol–water partition coefficient (Wildman–Crippen LogP) is 9.18. The van der Waals surface area contributed by atoms with E-state index in [1.807, 2.05) is 12.2 Å². The fourth-order valence-electron chi connectivity index (χ4n) is 7.23. The summed E-state index contributed by atoms with van der Waals surface area (Å²) in [4.78, 5) is 73.6. The summed E-state index contributed by atoms with van der Waals surface area (Å²) in [5.41, 5.74) is 4.58. The van der Waals surface area contributed by atoms with Gasteiger partial charge in [0.25, 0.3) is 0 Å². The van der Waals surface area contributed by atoms with Crippen molar-refractivity contribution in [3.63, 3.8) is 0 Å². The van der Waals surface area contributed by atoms with Crippen LogP contribution in [0, 0.1) is 0 Å². The van der Waals surface area contributed by atoms with Gasteiger partial charge in [-0.3, -0.25) is 28.0 Å². The minimum atomic E-state index is -5.44. The maximum atomic E-state index is 12.8. The second-order valence-electron chi connectivity index (χ2n) is 17.3. The zero-order valence-corrected chi connectivity index (χ0v) is 42.6. The van der Waals surface area contributed by atoms with Crippen LogP contribution >= 0.6 is 15.6 Å². The summed E-state index contributed by atoms with van der Waals surface area (Å²) in [6.07, 6.45) is 27.8. The fourth-order valence-corrected chi connectivity index (χ4v) is 9.34. The Bertz CT molecular complexity index is 1860. The third-order valence-corrected chi connectivity index (χ3v) is 13.8. The number of nitrogens with zero attached hydrogens (tertiary/aromatic N) is 2. The van der Waals surface area contributed by atoms with Crippen molar-refractivity contribution in [1.82, 2.24) is 9.55 Å². The Morgan fingerprint density at radius 1 is 0.725 bits per heavy atom. The smallest absolute Gasteiger partial charge is 0.462 e. The largest absolute Gasteiger partial charge is 0.481 e. The Hall–Kier alpha value is -3.35. The summed E-state index contributed by atoms with van der Waals surface area (Å²) < 4.78 is 56.7. The van der Waals surface area contributed by atoms with Gasteiger partial charge in [-0.15, -0.1) is 0 Å². The molecule has 1 aromatic heterocycles. The van der Waals surface area contributed by atoms with Crippen LogP contribution in [-0.2, 0) is 51.1 Å². The van der Waals surface area contributed by atoms with Crippen LogP contribution in [0.5, 0.6) is 0 Å². The molecule has 1 aromatic rings. The van der Waals surface area contributed by atoms with E-state index in [9.17, 15) is 48.3 Å². The molecule has 2 unspecified atom stereocenters. The number of allylic oxidation sites excluding steroid dienone is 6. The van der Waals surface area contributed by atoms with Gasteiger partial charge in [-0.1, -0.05) is 128 Å². The summed E-state index contributed by atoms with van der Waals surface area (Å²) in [5.74, 6) is -1.24. The fraction of sp³-hybridized carbons (Fsp3) is 0.729. The van der Waals surface area contributed by atoms with E-state index in [-0.39, 0.29) is 24.4 Å². The summed E-state index contributed by atoms with van der Waals surface area (Å²) in [7, 11) is -10.9. The van der Waals surface area contributed by atoms with E-state index in [4.69, 9.17) is 29.0 Å². The molecule has 0 radical (unpaired) electrons. The van der Waals surface area contributed by atoms with E-state index in [0.717, 1.165) is 101 Å². The number of nitrogens with two attached hydrogens (primary N) is 1. The Kier molecular flexibility index (Phi) is 32.7. The van der Waals surface area contributed by atoms with Gasteiger partial charge >= 0.3 is 33.3 Å². The first-order valence-electron chi connectivity index (χ1n) is 25.0. The highest BCUT2D eigenvalue weighted by atomic mass is 31.3. The lowest BCUT2D eigenvalue weighted by Crippen LogP contribution is -2.36. The molecular weight excluding hydrogens is 936 g/mol. The molecule has 7 atom stereocenters. The van der Waals surface area contributed by atoms with Crippen molar-refractivity contribution in [2.45, 2.75) is 205 Å². The second kappa shape index (κ2) is 36.6. The highest BCUT2D eigenvalue weighted by molar-refractivity contribution is 7.61. The van der Waals surface area contributed by atoms with Gasteiger partial charge < -0.3 is 39.9 Å². The van der Waals surface area contributed by atoms with Gasteiger partial charge in [0.2, 0.25) is 0 Å². The molecule has 1 fully saturated rings. The number of rotatable bonds is 41. The number of phosphoric ester groups is 2. The Balaban J connectivity index is 1.83. The molecule has 0 aliphatic carbocycles. The van der Waals surface area contributed by atoms with Crippen molar-refractivity contribution in [1.29, 1.82) is 0 Å². The first-order chi connectivity index (χ1) is 33.1. The number of phosphoric acid groups is 2. The molecular formula is C48H81N3O16P2. The molecule has 0 aromatic carbocycles. The van der Waals surface area contributed by atoms with E-state index in [2.05, 4.69) is 35.3 Å². The number of hydrogen-bond donors (Lipinski definition) is 5. The van der Waals surface area contributed by atoms with E-state index >= 15 is 0 Å². The van der Waals surface area contributed by atoms with Gasteiger partial charge in [0.15, 0.2) is 18.1 Å². The first-order valence-corrected chi connectivity index (χ1v) is 27.9. The molecule has 69 heavy (non-hydrogen) atoms. The Morgan fingerprint density at radius 2 is 1.26 bits per heavy atom. The van der Waals surface area contributed by atoms with Crippen LogP contribution in [0.4, 0.5) is 5.82 Å².